The van der Waals surface area contributed by atoms with Crippen LogP contribution in [0.2, 0.25) is 0 Å². The van der Waals surface area contributed by atoms with Crippen molar-refractivity contribution < 1.29 is 4.39 Å². The molecule has 0 bridgehead atoms. The van der Waals surface area contributed by atoms with Crippen LogP contribution in [0.3, 0.4) is 0 Å². The monoisotopic (exact) mass is 267 g/mol. The molecule has 1 aromatic rings. The molecular formula is C6H7FIN3. The number of halogens is 2. The number of aromatic nitrogens is 2. The molecule has 1 aromatic heterocycles. The standard InChI is InChI=1S/C6H7FIN3/c7-1-2-9-6-10-3-5(8)4-11-6/h3-4H,1-2H2,(H,9,10,11). The third kappa shape index (κ3) is 2.96. The van der Waals surface area contributed by atoms with Crippen molar-refractivity contribution in [2.45, 2.75) is 0 Å². The Labute approximate surface area is 77.6 Å². The lowest BCUT2D eigenvalue weighted by molar-refractivity contribution is 0.512. The first-order valence-electron chi connectivity index (χ1n) is 3.10. The zero-order valence-corrected chi connectivity index (χ0v) is 7.88. The minimum atomic E-state index is -0.407. The highest BCUT2D eigenvalue weighted by atomic mass is 127. The van der Waals surface area contributed by atoms with Crippen LogP contribution in [0.25, 0.3) is 0 Å². The third-order valence-corrected chi connectivity index (χ3v) is 1.55. The van der Waals surface area contributed by atoms with Crippen LogP contribution in [-0.4, -0.2) is 23.2 Å². The van der Waals surface area contributed by atoms with Gasteiger partial charge in [0.15, 0.2) is 0 Å². The fraction of sp³-hybridized carbons (Fsp3) is 0.333. The molecule has 11 heavy (non-hydrogen) atoms. The van der Waals surface area contributed by atoms with Crippen LogP contribution in [-0.2, 0) is 0 Å². The summed E-state index contributed by atoms with van der Waals surface area (Å²) in [4.78, 5) is 7.84. The first-order valence-corrected chi connectivity index (χ1v) is 4.18. The highest BCUT2D eigenvalue weighted by Crippen LogP contribution is 2.01. The molecule has 0 aromatic carbocycles. The Balaban J connectivity index is 2.52. The fourth-order valence-electron chi connectivity index (χ4n) is 0.563. The van der Waals surface area contributed by atoms with E-state index >= 15 is 0 Å². The molecule has 1 N–H and O–H groups in total. The van der Waals surface area contributed by atoms with Crippen molar-refractivity contribution in [2.75, 3.05) is 18.5 Å². The summed E-state index contributed by atoms with van der Waals surface area (Å²) >= 11 is 2.11. The van der Waals surface area contributed by atoms with Crippen LogP contribution >= 0.6 is 22.6 Å². The Kier molecular flexibility index (Phi) is 3.47. The predicted octanol–water partition coefficient (Wildman–Crippen LogP) is 1.46. The van der Waals surface area contributed by atoms with Gasteiger partial charge in [0.1, 0.15) is 6.67 Å². The van der Waals surface area contributed by atoms with E-state index in [1.807, 2.05) is 0 Å². The molecular weight excluding hydrogens is 260 g/mol. The number of rotatable bonds is 3. The summed E-state index contributed by atoms with van der Waals surface area (Å²) in [7, 11) is 0. The molecule has 0 radical (unpaired) electrons. The van der Waals surface area contributed by atoms with E-state index in [1.165, 1.54) is 0 Å². The van der Waals surface area contributed by atoms with Gasteiger partial charge >= 0.3 is 0 Å². The van der Waals surface area contributed by atoms with Crippen LogP contribution in [0.15, 0.2) is 12.4 Å². The second kappa shape index (κ2) is 4.42. The lowest BCUT2D eigenvalue weighted by Crippen LogP contribution is -2.06. The van der Waals surface area contributed by atoms with E-state index in [-0.39, 0.29) is 6.54 Å². The number of hydrogen-bond donors (Lipinski definition) is 1. The maximum Gasteiger partial charge on any atom is 0.222 e. The van der Waals surface area contributed by atoms with Crippen molar-refractivity contribution in [3.05, 3.63) is 16.0 Å². The molecule has 0 saturated carbocycles. The van der Waals surface area contributed by atoms with Gasteiger partial charge in [-0.15, -0.1) is 0 Å². The van der Waals surface area contributed by atoms with Gasteiger partial charge in [-0.3, -0.25) is 0 Å². The van der Waals surface area contributed by atoms with Crippen LogP contribution in [0.5, 0.6) is 0 Å². The SMILES string of the molecule is FCCNc1ncc(I)cn1. The van der Waals surface area contributed by atoms with Gasteiger partial charge in [0.05, 0.1) is 0 Å². The van der Waals surface area contributed by atoms with Crippen LogP contribution < -0.4 is 5.32 Å². The van der Waals surface area contributed by atoms with E-state index in [0.717, 1.165) is 3.57 Å². The number of anilines is 1. The maximum atomic E-state index is 11.6. The summed E-state index contributed by atoms with van der Waals surface area (Å²) < 4.78 is 12.6. The number of nitrogens with zero attached hydrogens (tertiary/aromatic N) is 2. The van der Waals surface area contributed by atoms with Gasteiger partial charge in [-0.2, -0.15) is 0 Å². The van der Waals surface area contributed by atoms with Gasteiger partial charge < -0.3 is 5.32 Å². The van der Waals surface area contributed by atoms with E-state index in [9.17, 15) is 4.39 Å². The summed E-state index contributed by atoms with van der Waals surface area (Å²) in [6, 6.07) is 0. The van der Waals surface area contributed by atoms with Gasteiger partial charge in [-0.1, -0.05) is 0 Å². The molecule has 5 heteroatoms. The van der Waals surface area contributed by atoms with Crippen molar-refractivity contribution >= 4 is 28.5 Å². The first-order chi connectivity index (χ1) is 5.33. The minimum Gasteiger partial charge on any atom is -0.352 e. The van der Waals surface area contributed by atoms with Crippen LogP contribution in [0.4, 0.5) is 10.3 Å². The summed E-state index contributed by atoms with van der Waals surface area (Å²) in [5.41, 5.74) is 0. The maximum absolute atomic E-state index is 11.6. The smallest absolute Gasteiger partial charge is 0.222 e. The van der Waals surface area contributed by atoms with Gasteiger partial charge in [-0.25, -0.2) is 14.4 Å². The first kappa shape index (κ1) is 8.63. The van der Waals surface area contributed by atoms with Gasteiger partial charge in [0, 0.05) is 22.5 Å². The third-order valence-electron chi connectivity index (χ3n) is 0.998. The van der Waals surface area contributed by atoms with Gasteiger partial charge in [0.25, 0.3) is 0 Å². The van der Waals surface area contributed by atoms with Crippen LogP contribution in [0.1, 0.15) is 0 Å². The van der Waals surface area contributed by atoms with Crippen molar-refractivity contribution in [1.82, 2.24) is 9.97 Å². The summed E-state index contributed by atoms with van der Waals surface area (Å²) in [6.07, 6.45) is 3.35. The topological polar surface area (TPSA) is 37.8 Å². The van der Waals surface area contributed by atoms with E-state index in [0.29, 0.717) is 5.95 Å². The minimum absolute atomic E-state index is 0.264. The highest BCUT2D eigenvalue weighted by molar-refractivity contribution is 14.1. The molecule has 0 spiro atoms. The quantitative estimate of drug-likeness (QED) is 0.842. The Hall–Kier alpha value is -0.460. The second-order valence-electron chi connectivity index (χ2n) is 1.84. The summed E-state index contributed by atoms with van der Waals surface area (Å²) in [5, 5.41) is 2.72. The van der Waals surface area contributed by atoms with Crippen molar-refractivity contribution in [2.24, 2.45) is 0 Å². The highest BCUT2D eigenvalue weighted by Gasteiger charge is 1.92. The Morgan fingerprint density at radius 2 is 2.09 bits per heavy atom. The van der Waals surface area contributed by atoms with Crippen molar-refractivity contribution in [3.63, 3.8) is 0 Å². The van der Waals surface area contributed by atoms with E-state index in [2.05, 4.69) is 37.9 Å². The lowest BCUT2D eigenvalue weighted by atomic mass is 10.6. The molecule has 0 aliphatic rings. The number of hydrogen-bond acceptors (Lipinski definition) is 3. The molecule has 0 saturated heterocycles. The number of alkyl halides is 1. The molecule has 1 rings (SSSR count). The molecule has 0 amide bonds. The number of nitrogens with one attached hydrogen (secondary N) is 1. The van der Waals surface area contributed by atoms with E-state index < -0.39 is 6.67 Å². The van der Waals surface area contributed by atoms with Crippen molar-refractivity contribution in [3.8, 4) is 0 Å². The average Bonchev–Trinajstić information content (AvgIpc) is 2.04. The zero-order chi connectivity index (χ0) is 8.10. The van der Waals surface area contributed by atoms with E-state index in [4.69, 9.17) is 0 Å². The molecule has 0 unspecified atom stereocenters. The molecule has 60 valence electrons. The molecule has 0 fully saturated rings. The van der Waals surface area contributed by atoms with Crippen molar-refractivity contribution in [1.29, 1.82) is 0 Å². The molecule has 3 nitrogen and oxygen atoms in total. The molecule has 0 atom stereocenters. The van der Waals surface area contributed by atoms with Gasteiger partial charge in [-0.05, 0) is 22.6 Å². The Morgan fingerprint density at radius 3 is 2.64 bits per heavy atom. The van der Waals surface area contributed by atoms with Crippen LogP contribution in [0, 0.1) is 3.57 Å². The summed E-state index contributed by atoms with van der Waals surface area (Å²) in [6.45, 7) is -0.143. The van der Waals surface area contributed by atoms with E-state index in [1.54, 1.807) is 12.4 Å². The molecule has 1 heterocycles. The molecule has 0 aliphatic carbocycles. The summed E-state index contributed by atoms with van der Waals surface area (Å²) in [5.74, 6) is 0.475. The predicted molar refractivity (Wildman–Crippen MR) is 49.2 cm³/mol. The second-order valence-corrected chi connectivity index (χ2v) is 3.09. The normalized spacial score (nSPS) is 9.64. The largest absolute Gasteiger partial charge is 0.352 e. The lowest BCUT2D eigenvalue weighted by Gasteiger charge is -1.99. The molecule has 0 aliphatic heterocycles. The Bertz CT molecular complexity index is 214. The fourth-order valence-corrected chi connectivity index (χ4v) is 0.841. The zero-order valence-electron chi connectivity index (χ0n) is 5.72. The Morgan fingerprint density at radius 1 is 1.45 bits per heavy atom. The average molecular weight is 267 g/mol. The van der Waals surface area contributed by atoms with Gasteiger partial charge in [0.2, 0.25) is 5.95 Å².